The van der Waals surface area contributed by atoms with Gasteiger partial charge in [0.15, 0.2) is 5.43 Å². The summed E-state index contributed by atoms with van der Waals surface area (Å²) in [5.41, 5.74) is 8.80. The van der Waals surface area contributed by atoms with Crippen molar-refractivity contribution in [3.8, 4) is 10.6 Å². The van der Waals surface area contributed by atoms with E-state index < -0.39 is 0 Å². The molecule has 1 aromatic rings. The molecule has 0 fully saturated rings. The van der Waals surface area contributed by atoms with E-state index in [1.54, 1.807) is 29.5 Å². The molecule has 2 aliphatic rings. The Balaban J connectivity index is 2.04. The minimum atomic E-state index is 0.0266. The summed E-state index contributed by atoms with van der Waals surface area (Å²) in [5, 5.41) is 0. The zero-order chi connectivity index (χ0) is 16.2. The molecular weight excluding hydrogens is 306 g/mol. The standard InChI is InChI=1S/C18H21N3OS/c1-2-3-9-21(10-8-19)13-4-6-15-17(11-13)23-18-12-14(22)5-7-16(18)20-15/h4-7,11-12H,2-3,8-10,19H2,1H3. The van der Waals surface area contributed by atoms with Crippen LogP contribution in [0.5, 0.6) is 0 Å². The lowest BCUT2D eigenvalue weighted by Crippen LogP contribution is -2.30. The van der Waals surface area contributed by atoms with Crippen LogP contribution >= 0.6 is 11.3 Å². The summed E-state index contributed by atoms with van der Waals surface area (Å²) in [6.07, 6.45) is 2.31. The third kappa shape index (κ3) is 3.51. The summed E-state index contributed by atoms with van der Waals surface area (Å²) in [6, 6.07) is 11.4. The molecular formula is C18H21N3OS. The van der Waals surface area contributed by atoms with Crippen LogP contribution in [0, 0.1) is 0 Å². The Morgan fingerprint density at radius 2 is 2.04 bits per heavy atom. The highest BCUT2D eigenvalue weighted by Crippen LogP contribution is 2.31. The molecule has 0 atom stereocenters. The second kappa shape index (κ2) is 7.06. The Morgan fingerprint density at radius 1 is 1.17 bits per heavy atom. The van der Waals surface area contributed by atoms with Gasteiger partial charge in [0.25, 0.3) is 0 Å². The summed E-state index contributed by atoms with van der Waals surface area (Å²) < 4.78 is 1.10. The molecule has 1 aliphatic heterocycles. The van der Waals surface area contributed by atoms with E-state index in [0.29, 0.717) is 6.54 Å². The lowest BCUT2D eigenvalue weighted by molar-refractivity contribution is 0.716. The van der Waals surface area contributed by atoms with Crippen LogP contribution in [-0.2, 0) is 0 Å². The fourth-order valence-corrected chi connectivity index (χ4v) is 3.69. The van der Waals surface area contributed by atoms with Crippen LogP contribution in [0.4, 0.5) is 5.69 Å². The number of hydrogen-bond acceptors (Lipinski definition) is 5. The van der Waals surface area contributed by atoms with Crippen molar-refractivity contribution in [1.82, 2.24) is 4.98 Å². The molecule has 0 saturated carbocycles. The molecule has 4 nitrogen and oxygen atoms in total. The molecule has 1 aliphatic carbocycles. The number of aromatic nitrogens is 1. The number of benzene rings is 2. The number of fused-ring (bicyclic) bond motifs is 2. The number of unbranched alkanes of at least 4 members (excludes halogenated alkanes) is 1. The molecule has 0 saturated heterocycles. The minimum absolute atomic E-state index is 0.0266. The largest absolute Gasteiger partial charge is 0.370 e. The lowest BCUT2D eigenvalue weighted by Gasteiger charge is -2.24. The molecule has 3 rings (SSSR count). The van der Waals surface area contributed by atoms with Crippen LogP contribution in [0.25, 0.3) is 20.8 Å². The van der Waals surface area contributed by atoms with E-state index in [9.17, 15) is 4.79 Å². The molecule has 0 spiro atoms. The van der Waals surface area contributed by atoms with Crippen molar-refractivity contribution in [2.45, 2.75) is 19.8 Å². The van der Waals surface area contributed by atoms with Crippen molar-refractivity contribution in [2.24, 2.45) is 5.73 Å². The fourth-order valence-electron chi connectivity index (χ4n) is 2.67. The van der Waals surface area contributed by atoms with E-state index in [-0.39, 0.29) is 5.43 Å². The van der Waals surface area contributed by atoms with Gasteiger partial charge in [0.2, 0.25) is 0 Å². The van der Waals surface area contributed by atoms with Crippen molar-refractivity contribution in [3.63, 3.8) is 0 Å². The highest BCUT2D eigenvalue weighted by atomic mass is 32.1. The van der Waals surface area contributed by atoms with E-state index in [2.05, 4.69) is 35.0 Å². The second-order valence-electron chi connectivity index (χ2n) is 5.62. The lowest BCUT2D eigenvalue weighted by atomic mass is 10.2. The molecule has 5 heteroatoms. The van der Waals surface area contributed by atoms with Gasteiger partial charge >= 0.3 is 0 Å². The monoisotopic (exact) mass is 327 g/mol. The third-order valence-electron chi connectivity index (χ3n) is 3.88. The average molecular weight is 327 g/mol. The van der Waals surface area contributed by atoms with Crippen LogP contribution in [0.15, 0.2) is 41.2 Å². The maximum absolute atomic E-state index is 11.6. The molecule has 2 N–H and O–H groups in total. The predicted molar refractivity (Wildman–Crippen MR) is 98.7 cm³/mol. The first kappa shape index (κ1) is 15.9. The molecule has 120 valence electrons. The van der Waals surface area contributed by atoms with Crippen molar-refractivity contribution in [3.05, 3.63) is 46.6 Å². The first-order valence-electron chi connectivity index (χ1n) is 8.01. The van der Waals surface area contributed by atoms with E-state index in [0.717, 1.165) is 46.7 Å². The summed E-state index contributed by atoms with van der Waals surface area (Å²) >= 11 is 1.62. The molecule has 0 unspecified atom stereocenters. The van der Waals surface area contributed by atoms with E-state index >= 15 is 0 Å². The number of nitrogens with two attached hydrogens (primary N) is 1. The zero-order valence-corrected chi connectivity index (χ0v) is 14.1. The summed E-state index contributed by atoms with van der Waals surface area (Å²) in [6.45, 7) is 4.69. The van der Waals surface area contributed by atoms with Gasteiger partial charge < -0.3 is 10.6 Å². The van der Waals surface area contributed by atoms with Gasteiger partial charge in [0.1, 0.15) is 0 Å². The van der Waals surface area contributed by atoms with Crippen LogP contribution in [0.1, 0.15) is 19.8 Å². The van der Waals surface area contributed by atoms with Crippen molar-refractivity contribution >= 4 is 27.2 Å². The quantitative estimate of drug-likeness (QED) is 0.706. The maximum Gasteiger partial charge on any atom is 0.180 e. The maximum atomic E-state index is 11.6. The van der Waals surface area contributed by atoms with Gasteiger partial charge in [-0.15, -0.1) is 11.3 Å². The van der Waals surface area contributed by atoms with Gasteiger partial charge in [0, 0.05) is 31.4 Å². The van der Waals surface area contributed by atoms with E-state index in [1.807, 2.05) is 0 Å². The van der Waals surface area contributed by atoms with Gasteiger partial charge in [-0.3, -0.25) is 4.79 Å². The molecule has 0 radical (unpaired) electrons. The molecule has 1 heterocycles. The highest BCUT2D eigenvalue weighted by Gasteiger charge is 2.10. The predicted octanol–water partition coefficient (Wildman–Crippen LogP) is 3.33. The van der Waals surface area contributed by atoms with Gasteiger partial charge in [-0.05, 0) is 36.8 Å². The highest BCUT2D eigenvalue weighted by molar-refractivity contribution is 7.21. The SMILES string of the molecule is CCCCN(CCN)c1ccc2nc3ccc(=O)cc-3sc2c1. The Kier molecular flexibility index (Phi) is 4.88. The Hall–Kier alpha value is -1.98. The molecule has 0 bridgehead atoms. The zero-order valence-electron chi connectivity index (χ0n) is 13.3. The minimum Gasteiger partial charge on any atom is -0.370 e. The fraction of sp³-hybridized carbons (Fsp3) is 0.333. The summed E-state index contributed by atoms with van der Waals surface area (Å²) in [7, 11) is 0. The van der Waals surface area contributed by atoms with Crippen LogP contribution < -0.4 is 16.1 Å². The average Bonchev–Trinajstić information content (AvgIpc) is 2.56. The number of nitrogens with zero attached hydrogens (tertiary/aromatic N) is 2. The van der Waals surface area contributed by atoms with Crippen LogP contribution in [0.2, 0.25) is 0 Å². The number of rotatable bonds is 6. The van der Waals surface area contributed by atoms with Crippen molar-refractivity contribution in [1.29, 1.82) is 0 Å². The van der Waals surface area contributed by atoms with Gasteiger partial charge in [-0.25, -0.2) is 4.98 Å². The Morgan fingerprint density at radius 3 is 2.83 bits per heavy atom. The number of hydrogen-bond donors (Lipinski definition) is 1. The Labute approximate surface area is 139 Å². The molecule has 1 aromatic carbocycles. The van der Waals surface area contributed by atoms with Gasteiger partial charge in [-0.1, -0.05) is 13.3 Å². The molecule has 0 amide bonds. The normalized spacial score (nSPS) is 11.2. The molecule has 0 aromatic heterocycles. The van der Waals surface area contributed by atoms with Crippen molar-refractivity contribution < 1.29 is 0 Å². The first-order valence-corrected chi connectivity index (χ1v) is 8.82. The smallest absolute Gasteiger partial charge is 0.180 e. The van der Waals surface area contributed by atoms with Gasteiger partial charge in [-0.2, -0.15) is 0 Å². The van der Waals surface area contributed by atoms with Crippen LogP contribution in [0.3, 0.4) is 0 Å². The number of anilines is 1. The second-order valence-corrected chi connectivity index (χ2v) is 6.71. The summed E-state index contributed by atoms with van der Waals surface area (Å²) in [5.74, 6) is 0. The first-order chi connectivity index (χ1) is 11.2. The van der Waals surface area contributed by atoms with E-state index in [1.165, 1.54) is 5.69 Å². The molecule has 23 heavy (non-hydrogen) atoms. The third-order valence-corrected chi connectivity index (χ3v) is 4.98. The van der Waals surface area contributed by atoms with E-state index in [4.69, 9.17) is 5.73 Å². The van der Waals surface area contributed by atoms with Gasteiger partial charge in [0.05, 0.1) is 20.8 Å². The van der Waals surface area contributed by atoms with Crippen molar-refractivity contribution in [2.75, 3.05) is 24.5 Å². The van der Waals surface area contributed by atoms with Crippen LogP contribution in [-0.4, -0.2) is 24.6 Å². The Bertz CT molecular complexity index is 830. The summed E-state index contributed by atoms with van der Waals surface area (Å²) in [4.78, 5) is 19.5. The topological polar surface area (TPSA) is 59.2 Å².